The number of nitrogens with zero attached hydrogens (tertiary/aromatic N) is 3. The molecule has 0 atom stereocenters. The maximum atomic E-state index is 13.3. The molecule has 0 spiro atoms. The lowest BCUT2D eigenvalue weighted by atomic mass is 9.94. The lowest BCUT2D eigenvalue weighted by Crippen LogP contribution is -2.22. The van der Waals surface area contributed by atoms with Gasteiger partial charge in [-0.3, -0.25) is 10.1 Å². The molecule has 0 unspecified atom stereocenters. The summed E-state index contributed by atoms with van der Waals surface area (Å²) in [6.07, 6.45) is 7.72. The number of urea groups is 1. The van der Waals surface area contributed by atoms with Crippen LogP contribution in [0.1, 0.15) is 47.3 Å². The fraction of sp³-hybridized carbons (Fsp3) is 0.259. The Hall–Kier alpha value is -3.48. The van der Waals surface area contributed by atoms with Crippen molar-refractivity contribution in [2.24, 2.45) is 5.92 Å². The third-order valence-electron chi connectivity index (χ3n) is 6.41. The Morgan fingerprint density at radius 1 is 1.10 bits per heavy atom. The predicted molar refractivity (Wildman–Crippen MR) is 153 cm³/mol. The quantitative estimate of drug-likeness (QED) is 0.178. The first kappa shape index (κ1) is 27.1. The molecule has 2 amide bonds. The van der Waals surface area contributed by atoms with Crippen molar-refractivity contribution in [2.75, 3.05) is 10.6 Å². The second-order valence-corrected chi connectivity index (χ2v) is 13.3. The topological polar surface area (TPSA) is 123 Å². The molecule has 5 rings (SSSR count). The average Bonchev–Trinajstić information content (AvgIpc) is 3.71. The van der Waals surface area contributed by atoms with Gasteiger partial charge in [-0.2, -0.15) is 8.42 Å². The van der Waals surface area contributed by atoms with E-state index in [4.69, 9.17) is 0 Å². The van der Waals surface area contributed by atoms with Gasteiger partial charge in [0.05, 0.1) is 11.4 Å². The molecule has 0 aliphatic heterocycles. The Labute approximate surface area is 235 Å². The van der Waals surface area contributed by atoms with Gasteiger partial charge in [-0.1, -0.05) is 54.0 Å². The van der Waals surface area contributed by atoms with Gasteiger partial charge in [-0.15, -0.1) is 11.8 Å². The van der Waals surface area contributed by atoms with Gasteiger partial charge in [-0.05, 0) is 44.0 Å². The Morgan fingerprint density at radius 3 is 2.59 bits per heavy atom. The third kappa shape index (κ3) is 6.23. The number of thiazole rings is 1. The molecule has 4 aromatic rings. The van der Waals surface area contributed by atoms with Crippen LogP contribution in [-0.4, -0.2) is 34.2 Å². The molecule has 2 N–H and O–H groups in total. The van der Waals surface area contributed by atoms with Crippen molar-refractivity contribution in [3.05, 3.63) is 84.1 Å². The number of imidazole rings is 1. The van der Waals surface area contributed by atoms with Crippen LogP contribution < -0.4 is 10.6 Å². The van der Waals surface area contributed by atoms with E-state index in [1.54, 1.807) is 12.1 Å². The maximum Gasteiger partial charge on any atom is 0.325 e. The molecule has 2 aromatic heterocycles. The number of aromatic nitrogens is 3. The summed E-state index contributed by atoms with van der Waals surface area (Å²) >= 11 is 2.32. The minimum Gasteiger partial charge on any atom is -0.307 e. The number of rotatable bonds is 9. The van der Waals surface area contributed by atoms with Crippen molar-refractivity contribution < 1.29 is 18.0 Å². The Bertz CT molecular complexity index is 1580. The van der Waals surface area contributed by atoms with E-state index in [-0.39, 0.29) is 26.8 Å². The number of thioether (sulfide) groups is 1. The lowest BCUT2D eigenvalue weighted by molar-refractivity contribution is 0.0923. The number of carbonyl (C=O) groups is 2. The Balaban J connectivity index is 1.38. The average molecular weight is 582 g/mol. The highest BCUT2D eigenvalue weighted by molar-refractivity contribution is 7.98. The lowest BCUT2D eigenvalue weighted by Gasteiger charge is -2.14. The smallest absolute Gasteiger partial charge is 0.307 e. The summed E-state index contributed by atoms with van der Waals surface area (Å²) < 4.78 is 27.7. The van der Waals surface area contributed by atoms with Gasteiger partial charge >= 0.3 is 6.03 Å². The number of hydrogen-bond donors (Lipinski definition) is 2. The van der Waals surface area contributed by atoms with Crippen molar-refractivity contribution in [2.45, 2.75) is 47.5 Å². The molecule has 9 nitrogen and oxygen atoms in total. The molecule has 1 saturated carbocycles. The normalized spacial score (nSPS) is 13.9. The van der Waals surface area contributed by atoms with Gasteiger partial charge in [0.15, 0.2) is 15.1 Å². The number of anilines is 2. The minimum absolute atomic E-state index is 0.0201. The van der Waals surface area contributed by atoms with E-state index >= 15 is 0 Å². The van der Waals surface area contributed by atoms with E-state index in [1.165, 1.54) is 30.5 Å². The van der Waals surface area contributed by atoms with Crippen LogP contribution in [0.3, 0.4) is 0 Å². The van der Waals surface area contributed by atoms with E-state index in [1.807, 2.05) is 43.3 Å². The first-order valence-corrected chi connectivity index (χ1v) is 15.7. The zero-order chi connectivity index (χ0) is 27.4. The van der Waals surface area contributed by atoms with Gasteiger partial charge in [0.25, 0.3) is 10.0 Å². The summed E-state index contributed by atoms with van der Waals surface area (Å²) in [5.74, 6) is 0.287. The highest BCUT2D eigenvalue weighted by Crippen LogP contribution is 2.34. The first-order valence-electron chi connectivity index (χ1n) is 12.5. The monoisotopic (exact) mass is 581 g/mol. The zero-order valence-corrected chi connectivity index (χ0v) is 23.6. The number of amides is 2. The molecule has 0 radical (unpaired) electrons. The number of carbonyl (C=O) groups excluding carboxylic acids is 2. The maximum absolute atomic E-state index is 13.3. The van der Waals surface area contributed by atoms with E-state index in [2.05, 4.69) is 20.6 Å². The molecule has 0 saturated heterocycles. The highest BCUT2D eigenvalue weighted by Gasteiger charge is 2.28. The van der Waals surface area contributed by atoms with Gasteiger partial charge in [0, 0.05) is 34.5 Å². The van der Waals surface area contributed by atoms with E-state index < -0.39 is 16.1 Å². The molecule has 39 heavy (non-hydrogen) atoms. The predicted octanol–water partition coefficient (Wildman–Crippen LogP) is 6.19. The number of Topliss-reactive ketones (excluding diaryl/α,β-unsaturated/α-hetero) is 1. The molecule has 0 bridgehead atoms. The molecule has 1 fully saturated rings. The number of aryl methyl sites for hydroxylation is 1. The summed E-state index contributed by atoms with van der Waals surface area (Å²) in [6, 6.07) is 14.3. The third-order valence-corrected chi connectivity index (χ3v) is 10.6. The number of ketones is 1. The van der Waals surface area contributed by atoms with Crippen molar-refractivity contribution in [1.82, 2.24) is 13.9 Å². The summed E-state index contributed by atoms with van der Waals surface area (Å²) in [4.78, 5) is 35.4. The van der Waals surface area contributed by atoms with Crippen molar-refractivity contribution in [1.29, 1.82) is 0 Å². The Kier molecular flexibility index (Phi) is 8.15. The molecule has 202 valence electrons. The fourth-order valence-electron chi connectivity index (χ4n) is 4.47. The van der Waals surface area contributed by atoms with E-state index in [0.29, 0.717) is 16.9 Å². The van der Waals surface area contributed by atoms with Crippen LogP contribution in [0.4, 0.5) is 15.6 Å². The summed E-state index contributed by atoms with van der Waals surface area (Å²) in [6.45, 7) is 1.90. The number of nitrogens with one attached hydrogen (secondary N) is 2. The fourth-order valence-corrected chi connectivity index (χ4v) is 8.14. The molecular weight excluding hydrogens is 555 g/mol. The van der Waals surface area contributed by atoms with Crippen LogP contribution in [0.25, 0.3) is 0 Å². The molecule has 2 heterocycles. The van der Waals surface area contributed by atoms with E-state index in [9.17, 15) is 18.0 Å². The van der Waals surface area contributed by atoms with Crippen molar-refractivity contribution in [3.8, 4) is 0 Å². The van der Waals surface area contributed by atoms with Gasteiger partial charge < -0.3 is 5.32 Å². The summed E-state index contributed by atoms with van der Waals surface area (Å²) in [5, 5.41) is 5.56. The van der Waals surface area contributed by atoms with Crippen LogP contribution in [0.5, 0.6) is 0 Å². The number of hydrogen-bond acceptors (Lipinski definition) is 8. The van der Waals surface area contributed by atoms with E-state index in [0.717, 1.165) is 51.5 Å². The van der Waals surface area contributed by atoms with Gasteiger partial charge in [0.2, 0.25) is 0 Å². The largest absolute Gasteiger partial charge is 0.325 e. The molecule has 12 heteroatoms. The molecule has 1 aliphatic rings. The van der Waals surface area contributed by atoms with Gasteiger partial charge in [-0.25, -0.2) is 18.7 Å². The highest BCUT2D eigenvalue weighted by atomic mass is 32.2. The van der Waals surface area contributed by atoms with Crippen LogP contribution >= 0.6 is 23.1 Å². The second kappa shape index (κ2) is 11.7. The second-order valence-electron chi connectivity index (χ2n) is 9.23. The zero-order valence-electron chi connectivity index (χ0n) is 21.2. The van der Waals surface area contributed by atoms with Crippen molar-refractivity contribution in [3.63, 3.8) is 0 Å². The van der Waals surface area contributed by atoms with Crippen LogP contribution in [0.15, 0.2) is 76.4 Å². The van der Waals surface area contributed by atoms with Gasteiger partial charge in [0.1, 0.15) is 6.33 Å². The molecular formula is C27H27N5O4S3. The Morgan fingerprint density at radius 2 is 1.87 bits per heavy atom. The van der Waals surface area contributed by atoms with Crippen LogP contribution in [-0.2, 0) is 15.8 Å². The standard InChI is InChI=1S/C27H27N5O4S3/c1-18-11-12-22(21(15-18)24(33)19-7-5-6-8-19)29-26(34)31-27-30-23(16-37-20-9-3-2-4-10-20)25(38-27)39(35,36)32-14-13-28-17-32/h2-4,9-15,17,19H,5-8,16H2,1H3,(H2,29,30,31,34). The molecule has 1 aliphatic carbocycles. The van der Waals surface area contributed by atoms with Crippen molar-refractivity contribution >= 4 is 55.8 Å². The van der Waals surface area contributed by atoms with Crippen LogP contribution in [0.2, 0.25) is 0 Å². The summed E-state index contributed by atoms with van der Waals surface area (Å²) in [5.41, 5.74) is 2.15. The first-order chi connectivity index (χ1) is 18.8. The van der Waals surface area contributed by atoms with Crippen LogP contribution in [0, 0.1) is 12.8 Å². The summed E-state index contributed by atoms with van der Waals surface area (Å²) in [7, 11) is -3.96. The molecule has 2 aromatic carbocycles. The number of benzene rings is 2. The minimum atomic E-state index is -3.96. The SMILES string of the molecule is Cc1ccc(NC(=O)Nc2nc(CSc3ccccc3)c(S(=O)(=O)n3ccnc3)s2)c(C(=O)C2CCCC2)c1.